The molecule has 1 aliphatic carbocycles. The lowest BCUT2D eigenvalue weighted by Crippen LogP contribution is -2.32. The van der Waals surface area contributed by atoms with Gasteiger partial charge in [-0.1, -0.05) is 30.3 Å². The summed E-state index contributed by atoms with van der Waals surface area (Å²) in [4.78, 5) is 17.6. The summed E-state index contributed by atoms with van der Waals surface area (Å²) < 4.78 is 3.80. The molecule has 0 unspecified atom stereocenters. The van der Waals surface area contributed by atoms with Crippen molar-refractivity contribution in [3.8, 4) is 0 Å². The lowest BCUT2D eigenvalue weighted by atomic mass is 9.95. The first-order valence-electron chi connectivity index (χ1n) is 9.03. The van der Waals surface area contributed by atoms with E-state index in [1.54, 1.807) is 6.20 Å². The maximum absolute atomic E-state index is 13.1. The average Bonchev–Trinajstić information content (AvgIpc) is 3.24. The molecule has 0 fully saturated rings. The molecular formula is C20H23N5O. The van der Waals surface area contributed by atoms with E-state index < -0.39 is 0 Å². The SMILES string of the molecule is Cn1ccnc1[C@@H](NC(=O)c1nn(C)c2c1CCCC2)c1ccccc1. The van der Waals surface area contributed by atoms with Crippen LogP contribution in [0, 0.1) is 0 Å². The smallest absolute Gasteiger partial charge is 0.272 e. The van der Waals surface area contributed by atoms with Crippen LogP contribution in [0.4, 0.5) is 0 Å². The molecule has 1 aliphatic rings. The number of nitrogens with one attached hydrogen (secondary N) is 1. The van der Waals surface area contributed by atoms with Crippen molar-refractivity contribution in [2.45, 2.75) is 31.7 Å². The van der Waals surface area contributed by atoms with Gasteiger partial charge in [-0.25, -0.2) is 4.98 Å². The lowest BCUT2D eigenvalue weighted by Gasteiger charge is -2.19. The molecule has 0 aliphatic heterocycles. The summed E-state index contributed by atoms with van der Waals surface area (Å²) >= 11 is 0. The predicted octanol–water partition coefficient (Wildman–Crippen LogP) is 2.55. The fourth-order valence-electron chi connectivity index (χ4n) is 3.75. The molecule has 1 aromatic carbocycles. The van der Waals surface area contributed by atoms with Crippen molar-refractivity contribution in [3.63, 3.8) is 0 Å². The highest BCUT2D eigenvalue weighted by atomic mass is 16.2. The minimum Gasteiger partial charge on any atom is -0.337 e. The van der Waals surface area contributed by atoms with Gasteiger partial charge in [0.15, 0.2) is 5.69 Å². The zero-order valence-corrected chi connectivity index (χ0v) is 15.1. The molecule has 26 heavy (non-hydrogen) atoms. The number of aromatic nitrogens is 4. The van der Waals surface area contributed by atoms with Crippen LogP contribution in [0.25, 0.3) is 0 Å². The number of aryl methyl sites for hydroxylation is 2. The predicted molar refractivity (Wildman–Crippen MR) is 98.8 cm³/mol. The Hall–Kier alpha value is -2.89. The Labute approximate surface area is 152 Å². The summed E-state index contributed by atoms with van der Waals surface area (Å²) in [6, 6.07) is 9.61. The van der Waals surface area contributed by atoms with E-state index in [-0.39, 0.29) is 11.9 Å². The first kappa shape index (κ1) is 16.6. The first-order chi connectivity index (χ1) is 12.6. The van der Waals surface area contributed by atoms with Crippen molar-refractivity contribution in [1.29, 1.82) is 0 Å². The van der Waals surface area contributed by atoms with Crippen LogP contribution in [0.5, 0.6) is 0 Å². The molecule has 3 aromatic rings. The fourth-order valence-corrected chi connectivity index (χ4v) is 3.75. The molecule has 0 spiro atoms. The van der Waals surface area contributed by atoms with Gasteiger partial charge in [0.25, 0.3) is 5.91 Å². The van der Waals surface area contributed by atoms with Gasteiger partial charge in [0, 0.05) is 37.7 Å². The number of hydrogen-bond acceptors (Lipinski definition) is 3. The monoisotopic (exact) mass is 349 g/mol. The number of hydrogen-bond donors (Lipinski definition) is 1. The van der Waals surface area contributed by atoms with E-state index in [2.05, 4.69) is 15.4 Å². The summed E-state index contributed by atoms with van der Waals surface area (Å²) in [5, 5.41) is 7.68. The van der Waals surface area contributed by atoms with Crippen LogP contribution in [-0.2, 0) is 26.9 Å². The van der Waals surface area contributed by atoms with Crippen molar-refractivity contribution in [3.05, 3.63) is 71.1 Å². The first-order valence-corrected chi connectivity index (χ1v) is 9.03. The quantitative estimate of drug-likeness (QED) is 0.787. The Kier molecular flexibility index (Phi) is 4.32. The minimum absolute atomic E-state index is 0.138. The zero-order chi connectivity index (χ0) is 18.1. The van der Waals surface area contributed by atoms with Crippen LogP contribution in [0.3, 0.4) is 0 Å². The van der Waals surface area contributed by atoms with E-state index in [0.29, 0.717) is 5.69 Å². The largest absolute Gasteiger partial charge is 0.337 e. The highest BCUT2D eigenvalue weighted by Crippen LogP contribution is 2.25. The van der Waals surface area contributed by atoms with Gasteiger partial charge in [0.2, 0.25) is 0 Å². The van der Waals surface area contributed by atoms with Crippen LogP contribution in [0.2, 0.25) is 0 Å². The zero-order valence-electron chi connectivity index (χ0n) is 15.1. The van der Waals surface area contributed by atoms with Gasteiger partial charge in [-0.3, -0.25) is 9.48 Å². The van der Waals surface area contributed by atoms with Gasteiger partial charge in [0.1, 0.15) is 11.9 Å². The van der Waals surface area contributed by atoms with Crippen LogP contribution in [0.15, 0.2) is 42.7 Å². The second kappa shape index (κ2) is 6.78. The van der Waals surface area contributed by atoms with Crippen molar-refractivity contribution in [2.24, 2.45) is 14.1 Å². The van der Waals surface area contributed by atoms with E-state index in [1.807, 2.05) is 59.9 Å². The van der Waals surface area contributed by atoms with Crippen molar-refractivity contribution in [1.82, 2.24) is 24.6 Å². The highest BCUT2D eigenvalue weighted by molar-refractivity contribution is 5.94. The number of fused-ring (bicyclic) bond motifs is 1. The molecule has 1 atom stereocenters. The number of imidazole rings is 1. The van der Waals surface area contributed by atoms with Crippen LogP contribution in [0.1, 0.15) is 52.0 Å². The van der Waals surface area contributed by atoms with Gasteiger partial charge in [-0.2, -0.15) is 5.10 Å². The summed E-state index contributed by atoms with van der Waals surface area (Å²) in [7, 11) is 3.86. The van der Waals surface area contributed by atoms with Gasteiger partial charge >= 0.3 is 0 Å². The van der Waals surface area contributed by atoms with Crippen molar-refractivity contribution < 1.29 is 4.79 Å². The molecule has 0 saturated heterocycles. The molecule has 6 nitrogen and oxygen atoms in total. The van der Waals surface area contributed by atoms with Gasteiger partial charge in [-0.15, -0.1) is 0 Å². The van der Waals surface area contributed by atoms with Crippen molar-refractivity contribution >= 4 is 5.91 Å². The molecule has 4 rings (SSSR count). The Morgan fingerprint density at radius 1 is 1.15 bits per heavy atom. The van der Waals surface area contributed by atoms with Gasteiger partial charge in [0.05, 0.1) is 0 Å². The second-order valence-corrected chi connectivity index (χ2v) is 6.82. The molecule has 6 heteroatoms. The molecule has 0 radical (unpaired) electrons. The standard InChI is InChI=1S/C20H23N5O/c1-24-13-12-21-19(24)17(14-8-4-3-5-9-14)22-20(26)18-15-10-6-7-11-16(15)25(2)23-18/h3-5,8-9,12-13,17H,6-7,10-11H2,1-2H3,(H,22,26)/t17-/m0/s1. The average molecular weight is 349 g/mol. The highest BCUT2D eigenvalue weighted by Gasteiger charge is 2.27. The number of nitrogens with zero attached hydrogens (tertiary/aromatic N) is 4. The Bertz CT molecular complexity index is 925. The van der Waals surface area contributed by atoms with Gasteiger partial charge in [-0.05, 0) is 31.2 Å². The normalized spacial score (nSPS) is 14.7. The number of rotatable bonds is 4. The van der Waals surface area contributed by atoms with Crippen molar-refractivity contribution in [2.75, 3.05) is 0 Å². The third-order valence-electron chi connectivity index (χ3n) is 5.11. The second-order valence-electron chi connectivity index (χ2n) is 6.82. The maximum atomic E-state index is 13.1. The van der Waals surface area contributed by atoms with E-state index >= 15 is 0 Å². The van der Waals surface area contributed by atoms with Crippen LogP contribution >= 0.6 is 0 Å². The molecule has 2 heterocycles. The summed E-state index contributed by atoms with van der Waals surface area (Å²) in [5.74, 6) is 0.662. The minimum atomic E-state index is -0.315. The Balaban J connectivity index is 1.69. The third-order valence-corrected chi connectivity index (χ3v) is 5.11. The van der Waals surface area contributed by atoms with Gasteiger partial charge < -0.3 is 9.88 Å². The molecule has 2 aromatic heterocycles. The number of carbonyl (C=O) groups is 1. The number of carbonyl (C=O) groups excluding carboxylic acids is 1. The molecule has 0 saturated carbocycles. The number of benzene rings is 1. The fraction of sp³-hybridized carbons (Fsp3) is 0.350. The summed E-state index contributed by atoms with van der Waals surface area (Å²) in [5.41, 5.74) is 3.84. The Morgan fingerprint density at radius 3 is 2.65 bits per heavy atom. The van der Waals surface area contributed by atoms with E-state index in [1.165, 1.54) is 5.69 Å². The molecule has 134 valence electrons. The number of amides is 1. The summed E-state index contributed by atoms with van der Waals surface area (Å²) in [6.45, 7) is 0. The molecular weight excluding hydrogens is 326 g/mol. The van der Waals surface area contributed by atoms with E-state index in [9.17, 15) is 4.79 Å². The molecule has 1 amide bonds. The topological polar surface area (TPSA) is 64.7 Å². The lowest BCUT2D eigenvalue weighted by molar-refractivity contribution is 0.0934. The maximum Gasteiger partial charge on any atom is 0.272 e. The van der Waals surface area contributed by atoms with Crippen LogP contribution in [-0.4, -0.2) is 25.2 Å². The molecule has 1 N–H and O–H groups in total. The molecule has 0 bridgehead atoms. The van der Waals surface area contributed by atoms with E-state index in [4.69, 9.17) is 0 Å². The van der Waals surface area contributed by atoms with E-state index in [0.717, 1.165) is 42.6 Å². The van der Waals surface area contributed by atoms with Crippen LogP contribution < -0.4 is 5.32 Å². The summed E-state index contributed by atoms with van der Waals surface area (Å²) in [6.07, 6.45) is 7.83. The Morgan fingerprint density at radius 2 is 1.92 bits per heavy atom. The third kappa shape index (κ3) is 2.92.